The molecule has 0 bridgehead atoms. The highest BCUT2D eigenvalue weighted by Gasteiger charge is 2.61. The third kappa shape index (κ3) is 4.24. The summed E-state index contributed by atoms with van der Waals surface area (Å²) in [5.41, 5.74) is 2.83. The molecule has 0 spiro atoms. The number of nitrogens with two attached hydrogens (primary N) is 1. The number of methoxy groups -OCH3 is 1. The molecule has 7 nitrogen and oxygen atoms in total. The third-order valence-corrected chi connectivity index (χ3v) is 5.47. The molecule has 3 N–H and O–H groups in total. The molecule has 1 aliphatic heterocycles. The van der Waals surface area contributed by atoms with E-state index in [1.807, 2.05) is 0 Å². The summed E-state index contributed by atoms with van der Waals surface area (Å²) in [4.78, 5) is 28.0. The normalized spacial score (nSPS) is 23.1. The molecule has 0 radical (unpaired) electrons. The lowest BCUT2D eigenvalue weighted by molar-refractivity contribution is -0.261. The number of benzene rings is 1. The highest BCUT2D eigenvalue weighted by molar-refractivity contribution is 5.97. The molecule has 1 saturated heterocycles. The van der Waals surface area contributed by atoms with Crippen molar-refractivity contribution in [3.8, 4) is 5.75 Å². The predicted molar refractivity (Wildman–Crippen MR) is 106 cm³/mol. The van der Waals surface area contributed by atoms with Crippen LogP contribution in [0.2, 0.25) is 0 Å². The van der Waals surface area contributed by atoms with Gasteiger partial charge in [0.25, 0.3) is 11.8 Å². The van der Waals surface area contributed by atoms with Crippen LogP contribution in [0.15, 0.2) is 30.5 Å². The van der Waals surface area contributed by atoms with Gasteiger partial charge in [0.1, 0.15) is 23.4 Å². The van der Waals surface area contributed by atoms with Crippen LogP contribution in [0.3, 0.4) is 0 Å². The first-order valence-corrected chi connectivity index (χ1v) is 9.52. The first-order valence-electron chi connectivity index (χ1n) is 9.52. The van der Waals surface area contributed by atoms with Gasteiger partial charge in [-0.3, -0.25) is 14.6 Å². The number of halogens is 4. The Morgan fingerprint density at radius 2 is 2.00 bits per heavy atom. The first kappa shape index (κ1) is 23.5. The SMILES string of the molecule is COc1c(C2CC(C)(C(F)(F)F)O[C@@H]2C(=O)Nc2ccnc(C(N)=O)c2)ccc(F)c1C. The number of carbonyl (C=O) groups excluding carboxylic acids is 2. The summed E-state index contributed by atoms with van der Waals surface area (Å²) in [6.07, 6.45) is -5.71. The van der Waals surface area contributed by atoms with E-state index in [2.05, 4.69) is 10.3 Å². The van der Waals surface area contributed by atoms with Crippen LogP contribution in [0.25, 0.3) is 0 Å². The van der Waals surface area contributed by atoms with Gasteiger partial charge in [-0.2, -0.15) is 13.2 Å². The minimum absolute atomic E-state index is 0.0442. The Labute approximate surface area is 180 Å². The molecule has 32 heavy (non-hydrogen) atoms. The van der Waals surface area contributed by atoms with Crippen molar-refractivity contribution in [1.82, 2.24) is 4.98 Å². The zero-order valence-electron chi connectivity index (χ0n) is 17.4. The van der Waals surface area contributed by atoms with Crippen LogP contribution >= 0.6 is 0 Å². The number of aromatic nitrogens is 1. The molecule has 2 unspecified atom stereocenters. The summed E-state index contributed by atoms with van der Waals surface area (Å²) in [5.74, 6) is -3.36. The summed E-state index contributed by atoms with van der Waals surface area (Å²) in [7, 11) is 1.27. The zero-order chi connectivity index (χ0) is 23.8. The van der Waals surface area contributed by atoms with Gasteiger partial charge in [-0.1, -0.05) is 6.07 Å². The van der Waals surface area contributed by atoms with Crippen LogP contribution in [0.4, 0.5) is 23.2 Å². The third-order valence-electron chi connectivity index (χ3n) is 5.47. The average molecular weight is 455 g/mol. The lowest BCUT2D eigenvalue weighted by Crippen LogP contribution is -2.43. The molecular weight excluding hydrogens is 434 g/mol. The molecule has 2 aromatic rings. The molecule has 1 aliphatic rings. The summed E-state index contributed by atoms with van der Waals surface area (Å²) in [6.45, 7) is 2.28. The number of nitrogens with one attached hydrogen (secondary N) is 1. The Bertz CT molecular complexity index is 1060. The summed E-state index contributed by atoms with van der Waals surface area (Å²) >= 11 is 0. The molecule has 1 aromatic heterocycles. The van der Waals surface area contributed by atoms with Gasteiger partial charge in [-0.05, 0) is 38.5 Å². The average Bonchev–Trinajstić information content (AvgIpc) is 3.09. The molecular formula is C21H21F4N3O4. The number of ether oxygens (including phenoxy) is 2. The van der Waals surface area contributed by atoms with E-state index in [1.54, 1.807) is 0 Å². The number of hydrogen-bond donors (Lipinski definition) is 2. The minimum atomic E-state index is -4.77. The van der Waals surface area contributed by atoms with E-state index >= 15 is 0 Å². The topological polar surface area (TPSA) is 104 Å². The van der Waals surface area contributed by atoms with Crippen molar-refractivity contribution in [3.05, 3.63) is 53.1 Å². The van der Waals surface area contributed by atoms with Crippen LogP contribution in [-0.4, -0.2) is 41.8 Å². The molecule has 1 fully saturated rings. The molecule has 3 rings (SSSR count). The van der Waals surface area contributed by atoms with Gasteiger partial charge in [-0.15, -0.1) is 0 Å². The highest BCUT2D eigenvalue weighted by Crippen LogP contribution is 2.51. The van der Waals surface area contributed by atoms with Crippen molar-refractivity contribution in [2.75, 3.05) is 12.4 Å². The number of amides is 2. The Morgan fingerprint density at radius 3 is 2.59 bits per heavy atom. The van der Waals surface area contributed by atoms with E-state index < -0.39 is 47.9 Å². The van der Waals surface area contributed by atoms with Crippen LogP contribution in [-0.2, 0) is 9.53 Å². The second-order valence-electron chi connectivity index (χ2n) is 7.66. The molecule has 0 aliphatic carbocycles. The van der Waals surface area contributed by atoms with E-state index in [4.69, 9.17) is 15.2 Å². The number of nitrogens with zero attached hydrogens (tertiary/aromatic N) is 1. The standard InChI is InChI=1S/C21H21F4N3O4/c1-10-14(22)5-4-12(16(10)31-3)13-9-20(2,21(23,24)25)32-17(13)19(30)28-11-6-7-27-15(8-11)18(26)29/h4-8,13,17H,9H2,1-3H3,(H2,26,29)(H,27,28,30)/t13?,17-,20?/m0/s1. The van der Waals surface area contributed by atoms with Gasteiger partial charge in [-0.25, -0.2) is 4.39 Å². The fraction of sp³-hybridized carbons (Fsp3) is 0.381. The maximum atomic E-state index is 14.0. The van der Waals surface area contributed by atoms with Crippen molar-refractivity contribution in [2.24, 2.45) is 5.73 Å². The van der Waals surface area contributed by atoms with Crippen LogP contribution in [0.5, 0.6) is 5.75 Å². The second-order valence-corrected chi connectivity index (χ2v) is 7.66. The fourth-order valence-corrected chi connectivity index (χ4v) is 3.74. The van der Waals surface area contributed by atoms with Gasteiger partial charge < -0.3 is 20.5 Å². The number of rotatable bonds is 5. The van der Waals surface area contributed by atoms with E-state index in [0.717, 1.165) is 13.0 Å². The molecule has 2 heterocycles. The number of pyridine rings is 1. The van der Waals surface area contributed by atoms with Crippen molar-refractivity contribution in [2.45, 2.75) is 44.1 Å². The maximum Gasteiger partial charge on any atom is 0.417 e. The number of anilines is 1. The molecule has 11 heteroatoms. The summed E-state index contributed by atoms with van der Waals surface area (Å²) < 4.78 is 65.8. The predicted octanol–water partition coefficient (Wildman–Crippen LogP) is 3.47. The Balaban J connectivity index is 2.01. The number of primary amides is 1. The first-order chi connectivity index (χ1) is 14.9. The van der Waals surface area contributed by atoms with Crippen LogP contribution in [0.1, 0.15) is 40.9 Å². The Kier molecular flexibility index (Phi) is 6.14. The number of hydrogen-bond acceptors (Lipinski definition) is 5. The van der Waals surface area contributed by atoms with Crippen LogP contribution < -0.4 is 15.8 Å². The van der Waals surface area contributed by atoms with Gasteiger partial charge in [0.15, 0.2) is 5.60 Å². The van der Waals surface area contributed by atoms with Crippen molar-refractivity contribution < 1.29 is 36.6 Å². The van der Waals surface area contributed by atoms with E-state index in [9.17, 15) is 27.2 Å². The van der Waals surface area contributed by atoms with E-state index in [0.29, 0.717) is 0 Å². The molecule has 3 atom stereocenters. The van der Waals surface area contributed by atoms with Gasteiger partial charge >= 0.3 is 6.18 Å². The largest absolute Gasteiger partial charge is 0.496 e. The zero-order valence-corrected chi connectivity index (χ0v) is 17.4. The van der Waals surface area contributed by atoms with E-state index in [1.165, 1.54) is 38.4 Å². The molecule has 1 aromatic carbocycles. The minimum Gasteiger partial charge on any atom is -0.496 e. The summed E-state index contributed by atoms with van der Waals surface area (Å²) in [6, 6.07) is 4.93. The highest BCUT2D eigenvalue weighted by atomic mass is 19.4. The van der Waals surface area contributed by atoms with Gasteiger partial charge in [0.2, 0.25) is 0 Å². The Morgan fingerprint density at radius 1 is 1.31 bits per heavy atom. The van der Waals surface area contributed by atoms with E-state index in [-0.39, 0.29) is 28.3 Å². The lowest BCUT2D eigenvalue weighted by atomic mass is 9.85. The smallest absolute Gasteiger partial charge is 0.417 e. The monoisotopic (exact) mass is 455 g/mol. The Hall–Kier alpha value is -3.21. The van der Waals surface area contributed by atoms with Crippen molar-refractivity contribution >= 4 is 17.5 Å². The molecule has 2 amide bonds. The quantitative estimate of drug-likeness (QED) is 0.672. The molecule has 0 saturated carbocycles. The maximum absolute atomic E-state index is 14.0. The molecule has 172 valence electrons. The lowest BCUT2D eigenvalue weighted by Gasteiger charge is -2.27. The number of carbonyl (C=O) groups is 2. The fourth-order valence-electron chi connectivity index (χ4n) is 3.74. The van der Waals surface area contributed by atoms with Crippen molar-refractivity contribution in [3.63, 3.8) is 0 Å². The van der Waals surface area contributed by atoms with Gasteiger partial charge in [0, 0.05) is 28.9 Å². The number of alkyl halides is 3. The second kappa shape index (κ2) is 8.38. The van der Waals surface area contributed by atoms with Crippen LogP contribution in [0, 0.1) is 12.7 Å². The summed E-state index contributed by atoms with van der Waals surface area (Å²) in [5, 5.41) is 2.44. The van der Waals surface area contributed by atoms with Gasteiger partial charge in [0.05, 0.1) is 7.11 Å². The van der Waals surface area contributed by atoms with Crippen molar-refractivity contribution in [1.29, 1.82) is 0 Å².